The number of thiophene rings is 1. The molecule has 2 aliphatic rings. The van der Waals surface area contributed by atoms with Crippen molar-refractivity contribution in [2.75, 3.05) is 13.1 Å². The van der Waals surface area contributed by atoms with Crippen molar-refractivity contribution < 1.29 is 14.4 Å². The first-order valence-electron chi connectivity index (χ1n) is 9.62. The van der Waals surface area contributed by atoms with Crippen LogP contribution < -0.4 is 10.6 Å². The van der Waals surface area contributed by atoms with Crippen molar-refractivity contribution in [3.8, 4) is 0 Å². The number of rotatable bonds is 6. The Hall–Kier alpha value is -2.67. The lowest BCUT2D eigenvalue weighted by molar-refractivity contribution is -0.135. The van der Waals surface area contributed by atoms with E-state index in [-0.39, 0.29) is 18.4 Å². The van der Waals surface area contributed by atoms with Crippen molar-refractivity contribution >= 4 is 29.2 Å². The van der Waals surface area contributed by atoms with Crippen LogP contribution >= 0.6 is 11.3 Å². The topological polar surface area (TPSA) is 78.5 Å². The normalized spacial score (nSPS) is 20.9. The fourth-order valence-electron chi connectivity index (χ4n) is 4.05. The molecule has 6 nitrogen and oxygen atoms in total. The van der Waals surface area contributed by atoms with Crippen LogP contribution in [-0.4, -0.2) is 35.8 Å². The van der Waals surface area contributed by atoms with Gasteiger partial charge in [0.2, 0.25) is 5.91 Å². The van der Waals surface area contributed by atoms with Gasteiger partial charge in [0.1, 0.15) is 12.1 Å². The second kappa shape index (κ2) is 7.75. The molecule has 4 amide bonds. The smallest absolute Gasteiger partial charge is 0.325 e. The zero-order valence-corrected chi connectivity index (χ0v) is 16.4. The maximum absolute atomic E-state index is 13.1. The lowest BCUT2D eigenvalue weighted by atomic mass is 9.80. The number of hydrogen-bond acceptors (Lipinski definition) is 4. The first kappa shape index (κ1) is 18.7. The third kappa shape index (κ3) is 3.42. The second-order valence-electron chi connectivity index (χ2n) is 7.28. The molecule has 1 atom stereocenters. The molecule has 0 saturated carbocycles. The molecule has 1 saturated heterocycles. The highest BCUT2D eigenvalue weighted by molar-refractivity contribution is 7.10. The zero-order chi connectivity index (χ0) is 19.6. The number of imide groups is 1. The molecular weight excluding hydrogens is 374 g/mol. The van der Waals surface area contributed by atoms with Gasteiger partial charge in [-0.3, -0.25) is 14.5 Å². The largest absolute Gasteiger partial charge is 0.355 e. The van der Waals surface area contributed by atoms with Crippen molar-refractivity contribution in [2.45, 2.75) is 37.6 Å². The number of aryl methyl sites for hydroxylation is 2. The number of urea groups is 1. The minimum Gasteiger partial charge on any atom is -0.355 e. The molecule has 1 spiro atoms. The number of nitrogens with one attached hydrogen (secondary N) is 2. The summed E-state index contributed by atoms with van der Waals surface area (Å²) in [7, 11) is 0. The lowest BCUT2D eigenvalue weighted by Gasteiger charge is -2.31. The van der Waals surface area contributed by atoms with Gasteiger partial charge in [-0.15, -0.1) is 11.3 Å². The minimum absolute atomic E-state index is 0.239. The summed E-state index contributed by atoms with van der Waals surface area (Å²) in [6, 6.07) is 11.5. The predicted molar refractivity (Wildman–Crippen MR) is 107 cm³/mol. The summed E-state index contributed by atoms with van der Waals surface area (Å²) in [6.45, 7) is 0.272. The molecular formula is C21H23N3O3S. The van der Waals surface area contributed by atoms with Crippen LogP contribution in [-0.2, 0) is 28.0 Å². The molecule has 1 aliphatic heterocycles. The van der Waals surface area contributed by atoms with Gasteiger partial charge in [-0.25, -0.2) is 4.79 Å². The average molecular weight is 398 g/mol. The summed E-state index contributed by atoms with van der Waals surface area (Å²) >= 11 is 1.61. The predicted octanol–water partition coefficient (Wildman–Crippen LogP) is 2.58. The third-order valence-electron chi connectivity index (χ3n) is 5.45. The van der Waals surface area contributed by atoms with Crippen LogP contribution in [0.4, 0.5) is 4.79 Å². The van der Waals surface area contributed by atoms with E-state index in [0.717, 1.165) is 41.0 Å². The highest BCUT2D eigenvalue weighted by Crippen LogP contribution is 2.41. The van der Waals surface area contributed by atoms with Crippen molar-refractivity contribution in [3.05, 3.63) is 57.8 Å². The van der Waals surface area contributed by atoms with Gasteiger partial charge in [-0.1, -0.05) is 30.3 Å². The van der Waals surface area contributed by atoms with E-state index in [2.05, 4.69) is 22.8 Å². The van der Waals surface area contributed by atoms with E-state index < -0.39 is 11.6 Å². The summed E-state index contributed by atoms with van der Waals surface area (Å²) in [4.78, 5) is 40.0. The number of carbonyl (C=O) groups is 3. The third-order valence-corrected chi connectivity index (χ3v) is 6.43. The number of nitrogens with zero attached hydrogens (tertiary/aromatic N) is 1. The summed E-state index contributed by atoms with van der Waals surface area (Å²) in [5.41, 5.74) is 1.13. The average Bonchev–Trinajstić information content (AvgIpc) is 3.27. The van der Waals surface area contributed by atoms with Gasteiger partial charge >= 0.3 is 6.03 Å². The molecule has 146 valence electrons. The van der Waals surface area contributed by atoms with E-state index in [1.54, 1.807) is 11.3 Å². The van der Waals surface area contributed by atoms with E-state index in [1.807, 2.05) is 29.6 Å². The number of carbonyl (C=O) groups excluding carboxylic acids is 3. The van der Waals surface area contributed by atoms with E-state index in [4.69, 9.17) is 0 Å². The molecule has 7 heteroatoms. The van der Waals surface area contributed by atoms with E-state index in [9.17, 15) is 14.4 Å². The SMILES string of the molecule is O=C(CN1C(=O)N[C@]2(CCCc3sccc32)C1=O)NCCCc1ccccc1. The molecule has 0 radical (unpaired) electrons. The summed E-state index contributed by atoms with van der Waals surface area (Å²) < 4.78 is 0. The highest BCUT2D eigenvalue weighted by Gasteiger charge is 2.54. The standard InChI is InChI=1S/C21H23N3O3S/c25-18(22-12-5-8-15-6-2-1-3-7-15)14-24-19(26)21(23-20(24)27)11-4-9-17-16(21)10-13-28-17/h1-3,6-7,10,13H,4-5,8-9,11-12,14H2,(H,22,25)(H,23,27)/t21-/m0/s1. The Kier molecular flexibility index (Phi) is 5.17. The second-order valence-corrected chi connectivity index (χ2v) is 8.28. The van der Waals surface area contributed by atoms with Gasteiger partial charge in [0.15, 0.2) is 0 Å². The van der Waals surface area contributed by atoms with Crippen LogP contribution in [0.5, 0.6) is 0 Å². The van der Waals surface area contributed by atoms with Crippen LogP contribution in [0, 0.1) is 0 Å². The van der Waals surface area contributed by atoms with Crippen molar-refractivity contribution in [1.29, 1.82) is 0 Å². The monoisotopic (exact) mass is 397 g/mol. The lowest BCUT2D eigenvalue weighted by Crippen LogP contribution is -2.46. The quantitative estimate of drug-likeness (QED) is 0.581. The molecule has 1 aromatic heterocycles. The highest BCUT2D eigenvalue weighted by atomic mass is 32.1. The van der Waals surface area contributed by atoms with Crippen LogP contribution in [0.2, 0.25) is 0 Å². The maximum Gasteiger partial charge on any atom is 0.325 e. The number of amides is 4. The molecule has 1 fully saturated rings. The molecule has 0 bridgehead atoms. The fourth-order valence-corrected chi connectivity index (χ4v) is 5.05. The van der Waals surface area contributed by atoms with E-state index in [1.165, 1.54) is 5.56 Å². The van der Waals surface area contributed by atoms with Crippen molar-refractivity contribution in [3.63, 3.8) is 0 Å². The molecule has 2 aromatic rings. The van der Waals surface area contributed by atoms with Crippen LogP contribution in [0.15, 0.2) is 41.8 Å². The Morgan fingerprint density at radius 3 is 2.86 bits per heavy atom. The Bertz CT molecular complexity index is 895. The molecule has 1 aromatic carbocycles. The molecule has 2 heterocycles. The van der Waals surface area contributed by atoms with Gasteiger partial charge in [-0.05, 0) is 49.1 Å². The van der Waals surface area contributed by atoms with Crippen molar-refractivity contribution in [2.24, 2.45) is 0 Å². The molecule has 0 unspecified atom stereocenters. The van der Waals surface area contributed by atoms with Gasteiger partial charge in [0.05, 0.1) is 0 Å². The Morgan fingerprint density at radius 2 is 2.04 bits per heavy atom. The Balaban J connectivity index is 1.33. The van der Waals surface area contributed by atoms with E-state index in [0.29, 0.717) is 13.0 Å². The van der Waals surface area contributed by atoms with E-state index >= 15 is 0 Å². The molecule has 4 rings (SSSR count). The number of benzene rings is 1. The number of hydrogen-bond donors (Lipinski definition) is 2. The van der Waals surface area contributed by atoms with Gasteiger partial charge in [-0.2, -0.15) is 0 Å². The van der Waals surface area contributed by atoms with Gasteiger partial charge in [0, 0.05) is 17.0 Å². The van der Waals surface area contributed by atoms with Crippen LogP contribution in [0.25, 0.3) is 0 Å². The fraction of sp³-hybridized carbons (Fsp3) is 0.381. The zero-order valence-electron chi connectivity index (χ0n) is 15.6. The molecule has 2 N–H and O–H groups in total. The minimum atomic E-state index is -0.988. The van der Waals surface area contributed by atoms with Crippen molar-refractivity contribution in [1.82, 2.24) is 15.5 Å². The molecule has 28 heavy (non-hydrogen) atoms. The van der Waals surface area contributed by atoms with Gasteiger partial charge < -0.3 is 10.6 Å². The maximum atomic E-state index is 13.1. The Morgan fingerprint density at radius 1 is 1.21 bits per heavy atom. The first-order chi connectivity index (χ1) is 13.6. The molecule has 1 aliphatic carbocycles. The van der Waals surface area contributed by atoms with Crippen LogP contribution in [0.1, 0.15) is 35.3 Å². The summed E-state index contributed by atoms with van der Waals surface area (Å²) in [6.07, 6.45) is 4.03. The number of fused-ring (bicyclic) bond motifs is 2. The Labute approximate surface area is 167 Å². The van der Waals surface area contributed by atoms with Gasteiger partial charge in [0.25, 0.3) is 5.91 Å². The first-order valence-corrected chi connectivity index (χ1v) is 10.5. The van der Waals surface area contributed by atoms with Crippen LogP contribution in [0.3, 0.4) is 0 Å². The summed E-state index contributed by atoms with van der Waals surface area (Å²) in [5, 5.41) is 7.64. The summed E-state index contributed by atoms with van der Waals surface area (Å²) in [5.74, 6) is -0.619.